The third-order valence-corrected chi connectivity index (χ3v) is 6.67. The number of fused-ring (bicyclic) bond motifs is 3. The van der Waals surface area contributed by atoms with Crippen LogP contribution in [-0.2, 0) is 12.5 Å². The van der Waals surface area contributed by atoms with Crippen molar-refractivity contribution < 1.29 is 4.57 Å². The molecule has 134 valence electrons. The Hall–Kier alpha value is -2.67. The van der Waals surface area contributed by atoms with Crippen LogP contribution in [0.15, 0.2) is 48.5 Å². The molecule has 4 aromatic rings. The molecular weight excluding hydrogens is 326 g/mol. The minimum atomic E-state index is -0.0317. The Labute approximate surface area is 161 Å². The summed E-state index contributed by atoms with van der Waals surface area (Å²) in [6.07, 6.45) is 0. The third-order valence-electron chi connectivity index (χ3n) is 6.67. The minimum absolute atomic E-state index is 0.0317. The van der Waals surface area contributed by atoms with E-state index >= 15 is 0 Å². The molecule has 0 bridgehead atoms. The Morgan fingerprint density at radius 1 is 0.815 bits per heavy atom. The molecule has 1 aliphatic rings. The van der Waals surface area contributed by atoms with E-state index in [1.165, 1.54) is 60.8 Å². The number of rotatable bonds is 0. The van der Waals surface area contributed by atoms with Crippen LogP contribution in [0.4, 0.5) is 0 Å². The lowest BCUT2D eigenvalue weighted by atomic mass is 9.68. The van der Waals surface area contributed by atoms with Crippen molar-refractivity contribution in [2.45, 2.75) is 40.0 Å². The first kappa shape index (κ1) is 16.5. The first-order valence-corrected chi connectivity index (χ1v) is 9.78. The van der Waals surface area contributed by atoms with Crippen LogP contribution in [0, 0.1) is 20.8 Å². The molecule has 5 rings (SSSR count). The topological polar surface area (TPSA) is 3.88 Å². The van der Waals surface area contributed by atoms with Crippen molar-refractivity contribution in [2.75, 3.05) is 0 Å². The summed E-state index contributed by atoms with van der Waals surface area (Å²) in [4.78, 5) is 0. The Kier molecular flexibility index (Phi) is 3.17. The first-order chi connectivity index (χ1) is 12.8. The van der Waals surface area contributed by atoms with Crippen molar-refractivity contribution in [1.29, 1.82) is 0 Å². The Bertz CT molecular complexity index is 1280. The SMILES string of the molecule is Cc1cc2c3c(c(C)c(C)cc3c1)-c1c(cc3ccccc3[n+]1C)C2(C)C. The monoisotopic (exact) mass is 352 g/mol. The lowest BCUT2D eigenvalue weighted by molar-refractivity contribution is -0.634. The van der Waals surface area contributed by atoms with Gasteiger partial charge in [0.05, 0.1) is 5.56 Å². The molecule has 0 spiro atoms. The number of para-hydroxylation sites is 1. The predicted octanol–water partition coefficient (Wildman–Crippen LogP) is 6.05. The van der Waals surface area contributed by atoms with E-state index in [1.807, 2.05) is 0 Å². The van der Waals surface area contributed by atoms with Crippen LogP contribution in [-0.4, -0.2) is 0 Å². The van der Waals surface area contributed by atoms with Crippen molar-refractivity contribution in [3.63, 3.8) is 0 Å². The van der Waals surface area contributed by atoms with E-state index in [1.54, 1.807) is 0 Å². The van der Waals surface area contributed by atoms with E-state index < -0.39 is 0 Å². The number of benzene rings is 3. The van der Waals surface area contributed by atoms with E-state index in [0.29, 0.717) is 0 Å². The zero-order chi connectivity index (χ0) is 19.1. The predicted molar refractivity (Wildman–Crippen MR) is 114 cm³/mol. The summed E-state index contributed by atoms with van der Waals surface area (Å²) < 4.78 is 2.41. The molecule has 27 heavy (non-hydrogen) atoms. The zero-order valence-corrected chi connectivity index (χ0v) is 17.1. The molecule has 1 aromatic heterocycles. The van der Waals surface area contributed by atoms with Crippen LogP contribution in [0.5, 0.6) is 0 Å². The molecule has 0 radical (unpaired) electrons. The van der Waals surface area contributed by atoms with E-state index in [0.717, 1.165) is 0 Å². The second kappa shape index (κ2) is 5.19. The van der Waals surface area contributed by atoms with Gasteiger partial charge in [-0.05, 0) is 60.4 Å². The fraction of sp³-hybridized carbons (Fsp3) is 0.269. The Morgan fingerprint density at radius 3 is 2.33 bits per heavy atom. The highest BCUT2D eigenvalue weighted by atomic mass is 14.9. The number of hydrogen-bond donors (Lipinski definition) is 0. The number of aryl methyl sites for hydroxylation is 3. The second-order valence-corrected chi connectivity index (χ2v) is 8.75. The Morgan fingerprint density at radius 2 is 1.56 bits per heavy atom. The van der Waals surface area contributed by atoms with Crippen LogP contribution < -0.4 is 4.57 Å². The van der Waals surface area contributed by atoms with Crippen LogP contribution in [0.1, 0.15) is 41.7 Å². The lowest BCUT2D eigenvalue weighted by Gasteiger charge is -2.34. The van der Waals surface area contributed by atoms with Gasteiger partial charge in [0, 0.05) is 22.4 Å². The first-order valence-electron chi connectivity index (χ1n) is 9.78. The molecule has 1 nitrogen and oxygen atoms in total. The summed E-state index contributed by atoms with van der Waals surface area (Å²) in [7, 11) is 2.23. The van der Waals surface area contributed by atoms with Gasteiger partial charge in [0.25, 0.3) is 0 Å². The quantitative estimate of drug-likeness (QED) is 0.339. The average molecular weight is 353 g/mol. The summed E-state index contributed by atoms with van der Waals surface area (Å²) in [6, 6.07) is 18.3. The summed E-state index contributed by atoms with van der Waals surface area (Å²) in [5, 5.41) is 4.12. The van der Waals surface area contributed by atoms with Crippen LogP contribution in [0.2, 0.25) is 0 Å². The van der Waals surface area contributed by atoms with Gasteiger partial charge in [0.1, 0.15) is 7.05 Å². The summed E-state index contributed by atoms with van der Waals surface area (Å²) in [6.45, 7) is 11.5. The standard InChI is InChI=1S/C26H26N/c1-15-11-19-13-16(2)17(3)23-24(19)20(12-15)26(4,5)21-14-18-9-7-8-10-22(18)27(6)25(21)23/h7-14H,1-6H3/q+1. The molecule has 0 saturated heterocycles. The van der Waals surface area contributed by atoms with E-state index in [2.05, 4.69) is 94.8 Å². The van der Waals surface area contributed by atoms with Crippen molar-refractivity contribution >= 4 is 21.7 Å². The van der Waals surface area contributed by atoms with Gasteiger partial charge in [-0.1, -0.05) is 49.7 Å². The molecule has 1 aliphatic carbocycles. The maximum Gasteiger partial charge on any atom is 0.217 e. The molecule has 0 N–H and O–H groups in total. The molecular formula is C26H26N+. The van der Waals surface area contributed by atoms with Crippen LogP contribution in [0.3, 0.4) is 0 Å². The third kappa shape index (κ3) is 2.03. The highest BCUT2D eigenvalue weighted by Crippen LogP contribution is 2.49. The number of nitrogens with zero attached hydrogens (tertiary/aromatic N) is 1. The van der Waals surface area contributed by atoms with Crippen molar-refractivity contribution in [2.24, 2.45) is 7.05 Å². The van der Waals surface area contributed by atoms with Gasteiger partial charge in [-0.15, -0.1) is 0 Å². The van der Waals surface area contributed by atoms with Crippen molar-refractivity contribution in [3.05, 3.63) is 76.3 Å². The highest BCUT2D eigenvalue weighted by molar-refractivity contribution is 6.04. The highest BCUT2D eigenvalue weighted by Gasteiger charge is 2.40. The molecule has 0 atom stereocenters. The second-order valence-electron chi connectivity index (χ2n) is 8.75. The molecule has 0 fully saturated rings. The van der Waals surface area contributed by atoms with E-state index in [9.17, 15) is 0 Å². The van der Waals surface area contributed by atoms with Gasteiger partial charge < -0.3 is 0 Å². The molecule has 0 saturated carbocycles. The van der Waals surface area contributed by atoms with Gasteiger partial charge in [0.2, 0.25) is 11.2 Å². The summed E-state index contributed by atoms with van der Waals surface area (Å²) >= 11 is 0. The number of aromatic nitrogens is 1. The summed E-state index contributed by atoms with van der Waals surface area (Å²) in [5.41, 5.74) is 11.0. The van der Waals surface area contributed by atoms with Crippen LogP contribution in [0.25, 0.3) is 32.9 Å². The lowest BCUT2D eigenvalue weighted by Crippen LogP contribution is -2.38. The number of pyridine rings is 1. The van der Waals surface area contributed by atoms with E-state index in [4.69, 9.17) is 0 Å². The molecule has 0 aliphatic heterocycles. The van der Waals surface area contributed by atoms with Crippen LogP contribution >= 0.6 is 0 Å². The van der Waals surface area contributed by atoms with Crippen molar-refractivity contribution in [3.8, 4) is 11.3 Å². The van der Waals surface area contributed by atoms with Gasteiger partial charge in [0.15, 0.2) is 0 Å². The fourth-order valence-electron chi connectivity index (χ4n) is 5.09. The zero-order valence-electron chi connectivity index (χ0n) is 17.1. The largest absolute Gasteiger partial charge is 0.217 e. The van der Waals surface area contributed by atoms with E-state index in [-0.39, 0.29) is 5.41 Å². The maximum atomic E-state index is 2.42. The Balaban J connectivity index is 2.11. The van der Waals surface area contributed by atoms with Crippen molar-refractivity contribution in [1.82, 2.24) is 0 Å². The minimum Gasteiger partial charge on any atom is -0.194 e. The smallest absolute Gasteiger partial charge is 0.194 e. The molecule has 1 heterocycles. The number of hydrogen-bond acceptors (Lipinski definition) is 0. The molecule has 1 heteroatoms. The average Bonchev–Trinajstić information content (AvgIpc) is 2.62. The van der Waals surface area contributed by atoms with Gasteiger partial charge in [-0.25, -0.2) is 0 Å². The molecule has 3 aromatic carbocycles. The molecule has 0 unspecified atom stereocenters. The normalized spacial score (nSPS) is 14.6. The molecule has 0 amide bonds. The maximum absolute atomic E-state index is 2.42. The fourth-order valence-corrected chi connectivity index (χ4v) is 5.09. The summed E-state index contributed by atoms with van der Waals surface area (Å²) in [5.74, 6) is 0. The van der Waals surface area contributed by atoms with Gasteiger partial charge in [-0.2, -0.15) is 4.57 Å². The van der Waals surface area contributed by atoms with Gasteiger partial charge in [-0.3, -0.25) is 0 Å². The van der Waals surface area contributed by atoms with Gasteiger partial charge >= 0.3 is 0 Å².